The molecule has 12 rings (SSSR count). The molecule has 3 fully saturated rings. The number of aryl methyl sites for hydroxylation is 1. The van der Waals surface area contributed by atoms with Gasteiger partial charge < -0.3 is 73.9 Å². The molecule has 0 bridgehead atoms. The molecule has 6 atom stereocenters. The molecule has 0 aromatic heterocycles. The van der Waals surface area contributed by atoms with E-state index in [0.29, 0.717) is 193 Å². The van der Waals surface area contributed by atoms with E-state index >= 15 is 0 Å². The molecule has 3 aliphatic heterocycles. The van der Waals surface area contributed by atoms with E-state index in [0.717, 1.165) is 111 Å². The van der Waals surface area contributed by atoms with Crippen LogP contribution in [0.2, 0.25) is 0 Å². The van der Waals surface area contributed by atoms with Gasteiger partial charge in [0.05, 0.1) is 31.5 Å². The number of carbonyl (C=O) groups excluding carboxylic acids is 16. The van der Waals surface area contributed by atoms with Gasteiger partial charge in [0.15, 0.2) is 23.1 Å². The fourth-order valence-electron chi connectivity index (χ4n) is 17.5. The number of fused-ring (bicyclic) bond motifs is 9. The van der Waals surface area contributed by atoms with Crippen LogP contribution in [0.3, 0.4) is 0 Å². The molecule has 9 amide bonds. The predicted molar refractivity (Wildman–Crippen MR) is 543 cm³/mol. The van der Waals surface area contributed by atoms with Crippen LogP contribution in [0.15, 0.2) is 109 Å². The van der Waals surface area contributed by atoms with Crippen molar-refractivity contribution in [1.82, 2.24) is 25.8 Å². The van der Waals surface area contributed by atoms with Crippen molar-refractivity contribution in [3.63, 3.8) is 0 Å². The zero-order valence-electron chi connectivity index (χ0n) is 85.0. The molecule has 804 valence electrons. The van der Waals surface area contributed by atoms with E-state index < -0.39 is 71.7 Å². The van der Waals surface area contributed by atoms with Crippen LogP contribution in [0, 0.1) is 0 Å². The molecule has 6 aliphatic rings. The maximum absolute atomic E-state index is 13.5. The zero-order valence-corrected chi connectivity index (χ0v) is 85.0. The van der Waals surface area contributed by atoms with Gasteiger partial charge in [-0.15, -0.1) is 0 Å². The predicted octanol–water partition coefficient (Wildman–Crippen LogP) is 16.0. The highest BCUT2D eigenvalue weighted by atomic mass is 16.8. The Kier molecular flexibility index (Phi) is 50.2. The summed E-state index contributed by atoms with van der Waals surface area (Å²) in [4.78, 5) is 214. The van der Waals surface area contributed by atoms with Crippen molar-refractivity contribution in [2.24, 2.45) is 0 Å². The van der Waals surface area contributed by atoms with Crippen LogP contribution < -0.4 is 16.0 Å². The second-order valence-corrected chi connectivity index (χ2v) is 36.8. The van der Waals surface area contributed by atoms with Crippen molar-refractivity contribution < 1.29 is 149 Å². The Morgan fingerprint density at radius 2 is 0.689 bits per heavy atom. The van der Waals surface area contributed by atoms with Crippen LogP contribution >= 0.6 is 0 Å². The highest BCUT2D eigenvalue weighted by Crippen LogP contribution is 2.50. The number of imide groups is 3. The Bertz CT molecular complexity index is 5500. The van der Waals surface area contributed by atoms with Crippen molar-refractivity contribution in [1.29, 1.82) is 0 Å². The lowest BCUT2D eigenvalue weighted by molar-refractivity contribution is -0.177. The standard InChI is InChI=1S/C38H49N3O11.C37H48N2O10.C35H43NO10.CH4/c1-3-4-19-49-21-17-39-34(44)8-5-9-35(45)40-27-11-13-29-28-12-10-26(33(43)7-6-20-50-25(2)16-18-42)22-30(28)32(31(29)23-27)24-51-38(48)52-41-36(46)14-15-37(41)47;1-3-4-20-46-22-18-38-33(42)12-5-8-26-13-14-28-30(23-26)31(24-48-37(45)49-39-34(43)15-16-35(39)44)27-9-6-10-29(36(27)28)32(41)11-7-21-47-25(2)17-19-40;1-3-4-17-43-18-5-7-31(38)24-9-11-26-27-12-10-25(32(39)8-6-19-44-23(2)15-16-37)21-29(27)30(28(26)20-24)22-45-35(42)46-36-33(40)13-14-34(36)41;/h10-13,22-23,25,32,42H,3-9,14-21,24H2,1-2H3,(H,39,44)(H,40,45);6,9-10,13-14,23,25,31,40H,3-5,7-8,11-12,15-22,24H2,1-2H3,(H,38,42);9-12,20-21,23,30,37H,3-8,13-19,22H2,1-2H3;1H4. The maximum Gasteiger partial charge on any atom is 0.533 e. The topological polar surface area (TPSA) is 490 Å². The largest absolute Gasteiger partial charge is 0.533 e. The number of hydroxylamine groups is 6. The molecule has 0 spiro atoms. The number of unbranched alkanes of at least 4 members (excludes halogenated alkanes) is 3. The third-order valence-electron chi connectivity index (χ3n) is 25.6. The second kappa shape index (κ2) is 62.5. The molecule has 148 heavy (non-hydrogen) atoms. The Morgan fingerprint density at radius 3 is 1.09 bits per heavy atom. The number of Topliss-reactive ketones (excluding diaryl/α,β-unsaturated/α-hetero) is 4. The van der Waals surface area contributed by atoms with Crippen molar-refractivity contribution in [3.8, 4) is 33.4 Å². The number of anilines is 1. The molecule has 3 saturated heterocycles. The van der Waals surface area contributed by atoms with Gasteiger partial charge in [-0.1, -0.05) is 142 Å². The summed E-state index contributed by atoms with van der Waals surface area (Å²) in [6.07, 6.45) is 9.08. The first kappa shape index (κ1) is 119. The summed E-state index contributed by atoms with van der Waals surface area (Å²) in [6.45, 7) is 16.9. The molecule has 3 aliphatic carbocycles. The van der Waals surface area contributed by atoms with Gasteiger partial charge in [-0.05, 0) is 207 Å². The quantitative estimate of drug-likeness (QED) is 0.00679. The highest BCUT2D eigenvalue weighted by molar-refractivity contribution is 6.06. The molecule has 37 heteroatoms. The van der Waals surface area contributed by atoms with Crippen molar-refractivity contribution in [3.05, 3.63) is 170 Å². The van der Waals surface area contributed by atoms with Gasteiger partial charge in [0.25, 0.3) is 35.4 Å². The number of hydrogen-bond donors (Lipinski definition) is 6. The average Bonchev–Trinajstić information content (AvgIpc) is 1.63. The number of ether oxygens (including phenoxy) is 9. The first-order valence-corrected chi connectivity index (χ1v) is 51.4. The Hall–Kier alpha value is -12.7. The number of ketones is 4. The van der Waals surface area contributed by atoms with Crippen LogP contribution in [-0.4, -0.2) is 256 Å². The number of nitrogens with one attached hydrogen (secondary N) is 3. The van der Waals surface area contributed by atoms with Crippen molar-refractivity contribution in [2.45, 2.75) is 271 Å². The fourth-order valence-corrected chi connectivity index (χ4v) is 17.5. The number of carbonyl (C=O) groups is 16. The van der Waals surface area contributed by atoms with Crippen LogP contribution in [0.1, 0.15) is 327 Å². The smallest absolute Gasteiger partial charge is 0.432 e. The lowest BCUT2D eigenvalue weighted by atomic mass is 9.93. The minimum absolute atomic E-state index is 0. The van der Waals surface area contributed by atoms with E-state index in [1.807, 2.05) is 69.3 Å². The number of amides is 9. The fraction of sp³-hybridized carbons (Fsp3) is 0.532. The second-order valence-electron chi connectivity index (χ2n) is 36.8. The summed E-state index contributed by atoms with van der Waals surface area (Å²) < 4.78 is 49.8. The number of rotatable bonds is 62. The molecule has 37 nitrogen and oxygen atoms in total. The molecule has 3 heterocycles. The van der Waals surface area contributed by atoms with Gasteiger partial charge in [0.1, 0.15) is 19.8 Å². The van der Waals surface area contributed by atoms with E-state index in [4.69, 9.17) is 72.5 Å². The number of aliphatic hydroxyl groups excluding tert-OH is 3. The van der Waals surface area contributed by atoms with Crippen LogP contribution in [0.25, 0.3) is 33.4 Å². The molecule has 6 aromatic rings. The van der Waals surface area contributed by atoms with Gasteiger partial charge in [-0.3, -0.25) is 76.8 Å². The molecule has 6 N–H and O–H groups in total. The van der Waals surface area contributed by atoms with Gasteiger partial charge >= 0.3 is 18.5 Å². The Morgan fingerprint density at radius 1 is 0.351 bits per heavy atom. The van der Waals surface area contributed by atoms with E-state index in [1.165, 1.54) is 0 Å². The van der Waals surface area contributed by atoms with Gasteiger partial charge in [0, 0.05) is 208 Å². The monoisotopic (exact) mass is 2060 g/mol. The summed E-state index contributed by atoms with van der Waals surface area (Å²) >= 11 is 0. The highest BCUT2D eigenvalue weighted by Gasteiger charge is 2.41. The van der Waals surface area contributed by atoms with E-state index in [9.17, 15) is 76.7 Å². The third kappa shape index (κ3) is 36.1. The normalized spacial score (nSPS) is 15.4. The van der Waals surface area contributed by atoms with Gasteiger partial charge in [-0.25, -0.2) is 14.4 Å². The number of nitrogens with zero attached hydrogens (tertiary/aromatic N) is 3. The van der Waals surface area contributed by atoms with Gasteiger partial charge in [-0.2, -0.15) is 0 Å². The van der Waals surface area contributed by atoms with Gasteiger partial charge in [0.2, 0.25) is 17.7 Å². The zero-order chi connectivity index (χ0) is 106. The first-order chi connectivity index (χ1) is 71.1. The number of hydrogen-bond acceptors (Lipinski definition) is 31. The molecule has 6 aromatic carbocycles. The maximum atomic E-state index is 13.5. The third-order valence-corrected chi connectivity index (χ3v) is 25.6. The summed E-state index contributed by atoms with van der Waals surface area (Å²) in [5, 5.41) is 37.0. The van der Waals surface area contributed by atoms with Crippen LogP contribution in [-0.2, 0) is 107 Å². The van der Waals surface area contributed by atoms with Crippen molar-refractivity contribution >= 4 is 100 Å². The van der Waals surface area contributed by atoms with Crippen LogP contribution in [0.5, 0.6) is 0 Å². The van der Waals surface area contributed by atoms with E-state index in [1.54, 1.807) is 60.7 Å². The van der Waals surface area contributed by atoms with Crippen LogP contribution in [0.4, 0.5) is 20.1 Å². The Balaban J connectivity index is 0.000000246. The minimum Gasteiger partial charge on any atom is -0.432 e. The molecular weight excluding hydrogens is 1910 g/mol. The van der Waals surface area contributed by atoms with Crippen molar-refractivity contribution in [2.75, 3.05) is 118 Å². The summed E-state index contributed by atoms with van der Waals surface area (Å²) in [6, 6.07) is 33.0. The first-order valence-electron chi connectivity index (χ1n) is 51.4. The average molecular weight is 2060 g/mol. The molecule has 0 radical (unpaired) electrons. The summed E-state index contributed by atoms with van der Waals surface area (Å²) in [7, 11) is 0. The molecular formula is C111H144N6O31. The summed E-state index contributed by atoms with van der Waals surface area (Å²) in [5.74, 6) is -5.94. The number of benzene rings is 6. The van der Waals surface area contributed by atoms with E-state index in [2.05, 4.69) is 36.7 Å². The molecule has 0 saturated carbocycles. The summed E-state index contributed by atoms with van der Waals surface area (Å²) in [5.41, 5.74) is 13.1. The minimum atomic E-state index is -1.22. The lowest BCUT2D eigenvalue weighted by Crippen LogP contribution is -2.32. The number of aliphatic hydroxyl groups is 3. The molecule has 6 unspecified atom stereocenters. The Labute approximate surface area is 863 Å². The SMILES string of the molecule is C.CCCCOCCCC(=O)c1ccc2c(c1)C(COC(=O)ON1C(=O)CCC1=O)c1cc(C(=O)CCCOC(C)CCO)ccc1-2.CCCCOCCNC(=O)CCCC(=O)Nc1ccc2c(c1)C(COC(=O)ON1C(=O)CCC1=O)c1cc(C(=O)CCCOC(C)CCO)ccc1-2.CCCCOCCNC(=O)CCCc1ccc2c(c1)C(COC(=O)ON1C(=O)CCC1=O)c1cccc(C(=O)CCCOC(C)CCO)c1-2. The van der Waals surface area contributed by atoms with E-state index in [-0.39, 0.29) is 177 Å². The lowest BCUT2D eigenvalue weighted by Gasteiger charge is -2.17.